The summed E-state index contributed by atoms with van der Waals surface area (Å²) in [6.45, 7) is 1.70. The van der Waals surface area contributed by atoms with Crippen LogP contribution in [0.2, 0.25) is 5.02 Å². The number of halogens is 1. The minimum atomic E-state index is -0.664. The maximum absolute atomic E-state index is 12.7. The highest BCUT2D eigenvalue weighted by Crippen LogP contribution is 2.27. The van der Waals surface area contributed by atoms with Crippen molar-refractivity contribution in [3.8, 4) is 0 Å². The SMILES string of the molecule is O=C(c1ccc([N+](=O)[O-])o1)N1CCNCC1c1cccc(Cl)c1. The summed E-state index contributed by atoms with van der Waals surface area (Å²) in [5.41, 5.74) is 0.902. The summed E-state index contributed by atoms with van der Waals surface area (Å²) in [7, 11) is 0. The van der Waals surface area contributed by atoms with E-state index in [2.05, 4.69) is 5.32 Å². The van der Waals surface area contributed by atoms with Crippen molar-refractivity contribution < 1.29 is 14.1 Å². The first-order chi connectivity index (χ1) is 11.1. The molecule has 0 saturated carbocycles. The van der Waals surface area contributed by atoms with Gasteiger partial charge in [0.15, 0.2) is 5.76 Å². The minimum Gasteiger partial charge on any atom is -0.395 e. The Hall–Kier alpha value is -2.38. The van der Waals surface area contributed by atoms with Crippen LogP contribution in [-0.4, -0.2) is 35.4 Å². The van der Waals surface area contributed by atoms with Gasteiger partial charge in [-0.2, -0.15) is 0 Å². The van der Waals surface area contributed by atoms with Crippen molar-refractivity contribution in [1.29, 1.82) is 0 Å². The number of nitro groups is 1. The second-order valence-electron chi connectivity index (χ2n) is 5.17. The van der Waals surface area contributed by atoms with Crippen LogP contribution in [0.25, 0.3) is 0 Å². The number of nitrogens with one attached hydrogen (secondary N) is 1. The quantitative estimate of drug-likeness (QED) is 0.688. The van der Waals surface area contributed by atoms with Gasteiger partial charge in [0.05, 0.1) is 12.1 Å². The van der Waals surface area contributed by atoms with Gasteiger partial charge in [0.2, 0.25) is 0 Å². The smallest absolute Gasteiger partial charge is 0.395 e. The zero-order valence-electron chi connectivity index (χ0n) is 12.1. The number of piperazine rings is 1. The van der Waals surface area contributed by atoms with Crippen LogP contribution in [0.5, 0.6) is 0 Å². The van der Waals surface area contributed by atoms with E-state index in [0.29, 0.717) is 24.7 Å². The highest BCUT2D eigenvalue weighted by Gasteiger charge is 2.31. The maximum atomic E-state index is 12.7. The van der Waals surface area contributed by atoms with Crippen LogP contribution in [0, 0.1) is 10.1 Å². The molecule has 0 bridgehead atoms. The van der Waals surface area contributed by atoms with E-state index < -0.39 is 10.8 Å². The van der Waals surface area contributed by atoms with Crippen molar-refractivity contribution in [3.63, 3.8) is 0 Å². The molecule has 1 aromatic heterocycles. The van der Waals surface area contributed by atoms with Gasteiger partial charge in [-0.25, -0.2) is 0 Å². The normalized spacial score (nSPS) is 18.0. The maximum Gasteiger partial charge on any atom is 0.433 e. The topological polar surface area (TPSA) is 88.6 Å². The Balaban J connectivity index is 1.88. The zero-order chi connectivity index (χ0) is 16.4. The molecule has 2 aromatic rings. The fourth-order valence-electron chi connectivity index (χ4n) is 2.64. The van der Waals surface area contributed by atoms with Crippen LogP contribution >= 0.6 is 11.6 Å². The Kier molecular flexibility index (Phi) is 4.31. The Morgan fingerprint density at radius 1 is 1.39 bits per heavy atom. The van der Waals surface area contributed by atoms with E-state index >= 15 is 0 Å². The number of rotatable bonds is 3. The first-order valence-electron chi connectivity index (χ1n) is 7.07. The van der Waals surface area contributed by atoms with Crippen molar-refractivity contribution >= 4 is 23.4 Å². The highest BCUT2D eigenvalue weighted by molar-refractivity contribution is 6.30. The molecule has 1 amide bonds. The monoisotopic (exact) mass is 335 g/mol. The molecular formula is C15H14ClN3O4. The average molecular weight is 336 g/mol. The lowest BCUT2D eigenvalue weighted by molar-refractivity contribution is -0.402. The van der Waals surface area contributed by atoms with Crippen LogP contribution in [0.15, 0.2) is 40.8 Å². The zero-order valence-corrected chi connectivity index (χ0v) is 12.8. The lowest BCUT2D eigenvalue weighted by Gasteiger charge is -2.36. The molecule has 8 heteroatoms. The molecule has 2 heterocycles. The van der Waals surface area contributed by atoms with Gasteiger partial charge in [0.1, 0.15) is 4.92 Å². The van der Waals surface area contributed by atoms with Gasteiger partial charge in [-0.05, 0) is 23.8 Å². The van der Waals surface area contributed by atoms with E-state index in [1.54, 1.807) is 11.0 Å². The molecule has 0 radical (unpaired) electrons. The fraction of sp³-hybridized carbons (Fsp3) is 0.267. The van der Waals surface area contributed by atoms with E-state index in [1.165, 1.54) is 12.1 Å². The van der Waals surface area contributed by atoms with E-state index in [1.807, 2.05) is 18.2 Å². The molecule has 1 unspecified atom stereocenters. The Labute approximate surface area is 137 Å². The van der Waals surface area contributed by atoms with Gasteiger partial charge >= 0.3 is 5.88 Å². The number of amides is 1. The third-order valence-corrected chi connectivity index (χ3v) is 3.96. The van der Waals surface area contributed by atoms with Crippen LogP contribution < -0.4 is 5.32 Å². The summed E-state index contributed by atoms with van der Waals surface area (Å²) >= 11 is 6.03. The van der Waals surface area contributed by atoms with E-state index in [0.717, 1.165) is 5.56 Å². The van der Waals surface area contributed by atoms with Gasteiger partial charge in [-0.3, -0.25) is 14.9 Å². The number of carbonyl (C=O) groups is 1. The van der Waals surface area contributed by atoms with Crippen LogP contribution in [-0.2, 0) is 0 Å². The van der Waals surface area contributed by atoms with Crippen LogP contribution in [0.1, 0.15) is 22.2 Å². The Morgan fingerprint density at radius 2 is 2.22 bits per heavy atom. The number of hydrogen-bond acceptors (Lipinski definition) is 5. The average Bonchev–Trinajstić information content (AvgIpc) is 3.04. The van der Waals surface area contributed by atoms with Crippen molar-refractivity contribution in [3.05, 3.63) is 62.9 Å². The first-order valence-corrected chi connectivity index (χ1v) is 7.45. The molecule has 23 heavy (non-hydrogen) atoms. The van der Waals surface area contributed by atoms with Gasteiger partial charge < -0.3 is 14.6 Å². The molecule has 7 nitrogen and oxygen atoms in total. The summed E-state index contributed by atoms with van der Waals surface area (Å²) < 4.78 is 5.03. The van der Waals surface area contributed by atoms with Gasteiger partial charge in [-0.1, -0.05) is 23.7 Å². The van der Waals surface area contributed by atoms with Crippen LogP contribution in [0.4, 0.5) is 5.88 Å². The number of nitrogens with zero attached hydrogens (tertiary/aromatic N) is 2. The summed E-state index contributed by atoms with van der Waals surface area (Å²) in [6.07, 6.45) is 0. The standard InChI is InChI=1S/C15H14ClN3O4/c16-11-3-1-2-10(8-11)12-9-17-6-7-18(12)15(20)13-4-5-14(23-13)19(21)22/h1-5,8,12,17H,6-7,9H2. The molecule has 1 N–H and O–H groups in total. The third-order valence-electron chi connectivity index (χ3n) is 3.72. The molecule has 120 valence electrons. The summed E-state index contributed by atoms with van der Waals surface area (Å²) in [5, 5.41) is 14.5. The molecule has 1 atom stereocenters. The third kappa shape index (κ3) is 3.20. The molecule has 3 rings (SSSR count). The Bertz CT molecular complexity index is 746. The number of benzene rings is 1. The summed E-state index contributed by atoms with van der Waals surface area (Å²) in [5.74, 6) is -0.849. The molecule has 1 aromatic carbocycles. The first kappa shape index (κ1) is 15.5. The second-order valence-corrected chi connectivity index (χ2v) is 5.60. The fourth-order valence-corrected chi connectivity index (χ4v) is 2.84. The predicted octanol–water partition coefficient (Wildman–Crippen LogP) is 2.63. The van der Waals surface area contributed by atoms with Crippen molar-refractivity contribution in [2.75, 3.05) is 19.6 Å². The van der Waals surface area contributed by atoms with Crippen molar-refractivity contribution in [2.45, 2.75) is 6.04 Å². The molecule has 1 aliphatic heterocycles. The van der Waals surface area contributed by atoms with E-state index in [-0.39, 0.29) is 17.7 Å². The van der Waals surface area contributed by atoms with Gasteiger partial charge in [0.25, 0.3) is 5.91 Å². The summed E-state index contributed by atoms with van der Waals surface area (Å²) in [4.78, 5) is 24.3. The van der Waals surface area contributed by atoms with Crippen LogP contribution in [0.3, 0.4) is 0 Å². The number of hydrogen-bond donors (Lipinski definition) is 1. The lowest BCUT2D eigenvalue weighted by atomic mass is 10.0. The van der Waals surface area contributed by atoms with Gasteiger partial charge in [-0.15, -0.1) is 0 Å². The van der Waals surface area contributed by atoms with E-state index in [9.17, 15) is 14.9 Å². The molecule has 1 aliphatic rings. The second kappa shape index (κ2) is 6.39. The number of carbonyl (C=O) groups excluding carboxylic acids is 1. The lowest BCUT2D eigenvalue weighted by Crippen LogP contribution is -2.48. The molecule has 1 fully saturated rings. The minimum absolute atomic E-state index is 0.0365. The largest absolute Gasteiger partial charge is 0.433 e. The molecule has 1 saturated heterocycles. The van der Waals surface area contributed by atoms with Gasteiger partial charge in [0, 0.05) is 24.7 Å². The predicted molar refractivity (Wildman–Crippen MR) is 83.5 cm³/mol. The molecule has 0 spiro atoms. The van der Waals surface area contributed by atoms with E-state index in [4.69, 9.17) is 16.0 Å². The molecular weight excluding hydrogens is 322 g/mol. The van der Waals surface area contributed by atoms with Crippen molar-refractivity contribution in [2.24, 2.45) is 0 Å². The Morgan fingerprint density at radius 3 is 2.91 bits per heavy atom. The number of furan rings is 1. The summed E-state index contributed by atoms with van der Waals surface area (Å²) in [6, 6.07) is 9.61. The van der Waals surface area contributed by atoms with Crippen molar-refractivity contribution in [1.82, 2.24) is 10.2 Å². The molecule has 0 aliphatic carbocycles. The highest BCUT2D eigenvalue weighted by atomic mass is 35.5.